The number of ketones is 1. The Morgan fingerprint density at radius 1 is 1.00 bits per heavy atom. The van der Waals surface area contributed by atoms with Crippen LogP contribution < -0.4 is 15.4 Å². The number of amides is 2. The number of rotatable bonds is 9. The summed E-state index contributed by atoms with van der Waals surface area (Å²) in [5.41, 5.74) is 1.10. The second kappa shape index (κ2) is 10.0. The van der Waals surface area contributed by atoms with Crippen molar-refractivity contribution in [2.45, 2.75) is 26.0 Å². The number of hydrogen-bond donors (Lipinski definition) is 2. The summed E-state index contributed by atoms with van der Waals surface area (Å²) >= 11 is 0. The molecule has 2 N–H and O–H groups in total. The maximum absolute atomic E-state index is 12.5. The summed E-state index contributed by atoms with van der Waals surface area (Å²) in [5.74, 6) is -1.94. The van der Waals surface area contributed by atoms with E-state index in [4.69, 9.17) is 4.74 Å². The fraction of sp³-hybridized carbons (Fsp3) is 0.286. The predicted octanol–water partition coefficient (Wildman–Crippen LogP) is 2.67. The molecule has 30 heavy (non-hydrogen) atoms. The van der Waals surface area contributed by atoms with Gasteiger partial charge in [0.2, 0.25) is 11.8 Å². The van der Waals surface area contributed by atoms with E-state index in [-0.39, 0.29) is 5.78 Å². The molecule has 160 valence electrons. The van der Waals surface area contributed by atoms with Crippen LogP contribution in [0.5, 0.6) is 5.75 Å². The fourth-order valence-corrected chi connectivity index (χ4v) is 3.60. The van der Waals surface area contributed by atoms with Crippen molar-refractivity contribution in [2.75, 3.05) is 23.0 Å². The largest absolute Gasteiger partial charge is 0.494 e. The number of benzene rings is 2. The second-order valence-corrected chi connectivity index (χ2v) is 8.90. The monoisotopic (exact) mass is 432 g/mol. The molecule has 0 aromatic heterocycles. The molecule has 2 amide bonds. The zero-order valence-corrected chi connectivity index (χ0v) is 17.8. The Kier molecular flexibility index (Phi) is 7.71. The van der Waals surface area contributed by atoms with Crippen LogP contribution in [0.4, 0.5) is 11.4 Å². The third-order valence-corrected chi connectivity index (χ3v) is 6.18. The molecule has 0 saturated heterocycles. The number of hydrogen-bond acceptors (Lipinski definition) is 6. The van der Waals surface area contributed by atoms with E-state index in [1.807, 2.05) is 6.92 Å². The van der Waals surface area contributed by atoms with Gasteiger partial charge < -0.3 is 15.4 Å². The summed E-state index contributed by atoms with van der Waals surface area (Å²) in [6, 6.07) is 12.7. The molecule has 0 aliphatic rings. The van der Waals surface area contributed by atoms with Crippen LogP contribution in [-0.4, -0.2) is 43.6 Å². The Labute approximate surface area is 175 Å². The number of nitrogens with one attached hydrogen (secondary N) is 2. The first-order chi connectivity index (χ1) is 14.1. The summed E-state index contributed by atoms with van der Waals surface area (Å²) in [7, 11) is -4.06. The topological polar surface area (TPSA) is 119 Å². The smallest absolute Gasteiger partial charge is 0.242 e. The van der Waals surface area contributed by atoms with Gasteiger partial charge in [-0.05, 0) is 57.2 Å². The molecule has 0 heterocycles. The highest BCUT2D eigenvalue weighted by Gasteiger charge is 2.30. The molecular weight excluding hydrogens is 408 g/mol. The number of Topliss-reactive ketones (excluding diaryl/α,β-unsaturated/α-hetero) is 1. The Hall–Kier alpha value is -3.20. The highest BCUT2D eigenvalue weighted by Crippen LogP contribution is 2.16. The average Bonchev–Trinajstić information content (AvgIpc) is 2.68. The molecule has 0 aliphatic carbocycles. The minimum Gasteiger partial charge on any atom is -0.494 e. The third kappa shape index (κ3) is 6.41. The fourth-order valence-electron chi connectivity index (χ4n) is 2.53. The lowest BCUT2D eigenvalue weighted by atomic mass is 10.1. The average molecular weight is 432 g/mol. The maximum Gasteiger partial charge on any atom is 0.242 e. The van der Waals surface area contributed by atoms with Gasteiger partial charge >= 0.3 is 0 Å². The Balaban J connectivity index is 1.99. The highest BCUT2D eigenvalue weighted by atomic mass is 32.2. The van der Waals surface area contributed by atoms with Crippen LogP contribution >= 0.6 is 0 Å². The lowest BCUT2D eigenvalue weighted by Gasteiger charge is -2.14. The molecule has 0 spiro atoms. The summed E-state index contributed by atoms with van der Waals surface area (Å²) in [6.45, 7) is 4.95. The molecule has 2 rings (SSSR count). The van der Waals surface area contributed by atoms with Gasteiger partial charge in [0.1, 0.15) is 16.8 Å². The van der Waals surface area contributed by atoms with Crippen LogP contribution in [0.3, 0.4) is 0 Å². The van der Waals surface area contributed by atoms with Crippen molar-refractivity contribution in [3.05, 3.63) is 54.1 Å². The standard InChI is InChI=1S/C21H24N2O6S/c1-4-29-19-10-8-17(9-11-19)22-20(25)13-30(27,28)15(3)21(26)23-18-7-5-6-16(12-18)14(2)24/h5-12,15H,4,13H2,1-3H3,(H,22,25)(H,23,26). The van der Waals surface area contributed by atoms with E-state index in [9.17, 15) is 22.8 Å². The normalized spacial score (nSPS) is 12.0. The number of sulfone groups is 1. The van der Waals surface area contributed by atoms with Gasteiger partial charge in [0.25, 0.3) is 0 Å². The van der Waals surface area contributed by atoms with E-state index in [0.717, 1.165) is 0 Å². The SMILES string of the molecule is CCOc1ccc(NC(=O)CS(=O)(=O)C(C)C(=O)Nc2cccc(C(C)=O)c2)cc1. The first-order valence-corrected chi connectivity index (χ1v) is 11.0. The summed E-state index contributed by atoms with van der Waals surface area (Å²) < 4.78 is 30.3. The third-order valence-electron chi connectivity index (χ3n) is 4.23. The molecule has 2 aromatic carbocycles. The van der Waals surface area contributed by atoms with Crippen LogP contribution in [0.25, 0.3) is 0 Å². The van der Waals surface area contributed by atoms with Crippen LogP contribution in [0.15, 0.2) is 48.5 Å². The van der Waals surface area contributed by atoms with Crippen molar-refractivity contribution < 1.29 is 27.5 Å². The van der Waals surface area contributed by atoms with E-state index in [2.05, 4.69) is 10.6 Å². The van der Waals surface area contributed by atoms with E-state index in [1.165, 1.54) is 19.9 Å². The van der Waals surface area contributed by atoms with Gasteiger partial charge in [0, 0.05) is 16.9 Å². The molecule has 8 nitrogen and oxygen atoms in total. The maximum atomic E-state index is 12.5. The van der Waals surface area contributed by atoms with Gasteiger partial charge in [0.15, 0.2) is 15.6 Å². The minimum atomic E-state index is -4.06. The molecule has 1 unspecified atom stereocenters. The van der Waals surface area contributed by atoms with Crippen molar-refractivity contribution in [3.8, 4) is 5.75 Å². The molecule has 0 bridgehead atoms. The molecule has 0 aliphatic heterocycles. The molecular formula is C21H24N2O6S. The van der Waals surface area contributed by atoms with Crippen LogP contribution in [0.2, 0.25) is 0 Å². The van der Waals surface area contributed by atoms with Gasteiger partial charge in [-0.1, -0.05) is 12.1 Å². The van der Waals surface area contributed by atoms with Gasteiger partial charge in [-0.15, -0.1) is 0 Å². The van der Waals surface area contributed by atoms with Gasteiger partial charge in [-0.2, -0.15) is 0 Å². The zero-order chi connectivity index (χ0) is 22.3. The second-order valence-electron chi connectivity index (χ2n) is 6.58. The van der Waals surface area contributed by atoms with E-state index in [1.54, 1.807) is 42.5 Å². The molecule has 1 atom stereocenters. The Morgan fingerprint density at radius 3 is 2.27 bits per heavy atom. The Morgan fingerprint density at radius 2 is 1.67 bits per heavy atom. The van der Waals surface area contributed by atoms with Crippen LogP contribution in [0.1, 0.15) is 31.1 Å². The molecule has 0 fully saturated rings. The summed E-state index contributed by atoms with van der Waals surface area (Å²) in [6.07, 6.45) is 0. The number of ether oxygens (including phenoxy) is 1. The van der Waals surface area contributed by atoms with E-state index < -0.39 is 32.7 Å². The lowest BCUT2D eigenvalue weighted by Crippen LogP contribution is -2.37. The highest BCUT2D eigenvalue weighted by molar-refractivity contribution is 7.93. The first-order valence-electron chi connectivity index (χ1n) is 9.28. The molecule has 9 heteroatoms. The Bertz CT molecular complexity index is 1030. The van der Waals surface area contributed by atoms with Gasteiger partial charge in [-0.25, -0.2) is 8.42 Å². The van der Waals surface area contributed by atoms with E-state index >= 15 is 0 Å². The van der Waals surface area contributed by atoms with Gasteiger partial charge in [-0.3, -0.25) is 14.4 Å². The molecule has 0 saturated carbocycles. The lowest BCUT2D eigenvalue weighted by molar-refractivity contribution is -0.115. The van der Waals surface area contributed by atoms with Crippen molar-refractivity contribution >= 4 is 38.8 Å². The van der Waals surface area contributed by atoms with Crippen molar-refractivity contribution in [2.24, 2.45) is 0 Å². The number of anilines is 2. The van der Waals surface area contributed by atoms with E-state index in [0.29, 0.717) is 29.3 Å². The number of carbonyl (C=O) groups excluding carboxylic acids is 3. The number of carbonyl (C=O) groups is 3. The summed E-state index contributed by atoms with van der Waals surface area (Å²) in [4.78, 5) is 36.0. The quantitative estimate of drug-likeness (QED) is 0.588. The van der Waals surface area contributed by atoms with Crippen LogP contribution in [0, 0.1) is 0 Å². The molecule has 0 radical (unpaired) electrons. The van der Waals surface area contributed by atoms with Crippen molar-refractivity contribution in [1.29, 1.82) is 0 Å². The van der Waals surface area contributed by atoms with Crippen LogP contribution in [-0.2, 0) is 19.4 Å². The zero-order valence-electron chi connectivity index (χ0n) is 17.0. The summed E-state index contributed by atoms with van der Waals surface area (Å²) in [5, 5.41) is 3.50. The van der Waals surface area contributed by atoms with Crippen molar-refractivity contribution in [3.63, 3.8) is 0 Å². The van der Waals surface area contributed by atoms with Crippen molar-refractivity contribution in [1.82, 2.24) is 0 Å². The molecule has 2 aromatic rings. The first kappa shape index (κ1) is 23.1. The minimum absolute atomic E-state index is 0.183. The predicted molar refractivity (Wildman–Crippen MR) is 115 cm³/mol. The van der Waals surface area contributed by atoms with Gasteiger partial charge in [0.05, 0.1) is 6.61 Å².